The highest BCUT2D eigenvalue weighted by atomic mass is 32.1. The minimum absolute atomic E-state index is 0.0870. The predicted molar refractivity (Wildman–Crippen MR) is 188 cm³/mol. The van der Waals surface area contributed by atoms with E-state index in [0.717, 1.165) is 37.7 Å². The Morgan fingerprint density at radius 3 is 2.38 bits per heavy atom. The summed E-state index contributed by atoms with van der Waals surface area (Å²) in [6, 6.07) is 12.9. The lowest BCUT2D eigenvalue weighted by Gasteiger charge is -2.36. The van der Waals surface area contributed by atoms with E-state index >= 15 is 0 Å². The molecule has 1 N–H and O–H groups in total. The van der Waals surface area contributed by atoms with Crippen molar-refractivity contribution in [3.05, 3.63) is 87.6 Å². The van der Waals surface area contributed by atoms with Crippen LogP contribution in [0.15, 0.2) is 60.0 Å². The number of nitrogens with one attached hydrogen (secondary N) is 1. The lowest BCUT2D eigenvalue weighted by atomic mass is 9.83. The normalized spacial score (nSPS) is 19.4. The molecule has 5 rings (SSSR count). The van der Waals surface area contributed by atoms with Gasteiger partial charge in [0.05, 0.1) is 18.8 Å². The lowest BCUT2D eigenvalue weighted by molar-refractivity contribution is -0.140. The largest absolute Gasteiger partial charge is 0.444 e. The fraction of sp³-hybridized carbons (Fsp3) is 0.500. The number of rotatable bonds is 11. The van der Waals surface area contributed by atoms with Gasteiger partial charge in [-0.15, -0.1) is 11.3 Å². The first kappa shape index (κ1) is 37.1. The zero-order chi connectivity index (χ0) is 36.0. The molecule has 268 valence electrons. The van der Waals surface area contributed by atoms with Gasteiger partial charge in [0.15, 0.2) is 0 Å². The molecule has 0 spiro atoms. The first-order chi connectivity index (χ1) is 23.8. The Hall–Kier alpha value is -4.16. The molecule has 4 atom stereocenters. The van der Waals surface area contributed by atoms with Crippen molar-refractivity contribution in [3.63, 3.8) is 0 Å². The number of carbonyl (C=O) groups excluding carboxylic acids is 4. The van der Waals surface area contributed by atoms with Crippen molar-refractivity contribution in [2.75, 3.05) is 13.6 Å². The molecule has 1 aromatic heterocycles. The van der Waals surface area contributed by atoms with Gasteiger partial charge in [-0.25, -0.2) is 14.2 Å². The maximum atomic E-state index is 14.7. The van der Waals surface area contributed by atoms with Gasteiger partial charge in [-0.1, -0.05) is 49.6 Å². The number of carbonyl (C=O) groups is 4. The van der Waals surface area contributed by atoms with Gasteiger partial charge < -0.3 is 19.7 Å². The van der Waals surface area contributed by atoms with Crippen LogP contribution in [0, 0.1) is 11.7 Å². The minimum atomic E-state index is -0.890. The summed E-state index contributed by atoms with van der Waals surface area (Å²) in [5.41, 5.74) is 0.808. The zero-order valence-corrected chi connectivity index (χ0v) is 30.2. The van der Waals surface area contributed by atoms with Crippen molar-refractivity contribution in [2.45, 2.75) is 103 Å². The third-order valence-corrected chi connectivity index (χ3v) is 10.3. The van der Waals surface area contributed by atoms with Crippen molar-refractivity contribution in [1.29, 1.82) is 0 Å². The molecule has 3 aromatic rings. The maximum absolute atomic E-state index is 14.7. The summed E-state index contributed by atoms with van der Waals surface area (Å²) in [5.74, 6) is -1.55. The van der Waals surface area contributed by atoms with Crippen molar-refractivity contribution in [2.24, 2.45) is 5.92 Å². The van der Waals surface area contributed by atoms with Crippen LogP contribution in [0.5, 0.6) is 0 Å². The summed E-state index contributed by atoms with van der Waals surface area (Å²) in [6.45, 7) is 7.54. The summed E-state index contributed by atoms with van der Waals surface area (Å²) < 4.78 is 25.3. The molecule has 1 saturated heterocycles. The van der Waals surface area contributed by atoms with E-state index < -0.39 is 41.5 Å². The standard InChI is InChI=1S/C38H47FN4O6S/c1-24(42(5)37(47)49-38(2,3)4)34(45)41-32(26-14-10-7-11-15-26)36(46)43-21-29(48-22-25-12-8-6-9-13-25)20-31(43)35-40-30(23-50-35)33(44)27-16-18-28(39)19-17-27/h6,8-9,12-13,16-19,23-24,26,29,31-32H,7,10-11,14-15,20-22H2,1-5H3,(H,41,45)/t24-,29-,31-,32-/m0/s1. The Labute approximate surface area is 297 Å². The van der Waals surface area contributed by atoms with E-state index in [-0.39, 0.29) is 36.0 Å². The molecule has 2 aromatic carbocycles. The zero-order valence-electron chi connectivity index (χ0n) is 29.4. The molecule has 1 aliphatic heterocycles. The molecule has 10 nitrogen and oxygen atoms in total. The lowest BCUT2D eigenvalue weighted by Crippen LogP contribution is -2.57. The molecular formula is C38H47FN4O6S. The number of amides is 3. The van der Waals surface area contributed by atoms with E-state index in [1.54, 1.807) is 38.0 Å². The molecule has 1 saturated carbocycles. The van der Waals surface area contributed by atoms with Crippen LogP contribution in [0.3, 0.4) is 0 Å². The molecule has 0 radical (unpaired) electrons. The summed E-state index contributed by atoms with van der Waals surface area (Å²) in [4.78, 5) is 62.1. The quantitative estimate of drug-likeness (QED) is 0.221. The highest BCUT2D eigenvalue weighted by molar-refractivity contribution is 7.10. The van der Waals surface area contributed by atoms with E-state index in [4.69, 9.17) is 9.47 Å². The Morgan fingerprint density at radius 1 is 1.04 bits per heavy atom. The number of ketones is 1. The summed E-state index contributed by atoms with van der Waals surface area (Å²) in [5, 5.41) is 5.28. The highest BCUT2D eigenvalue weighted by Crippen LogP contribution is 2.38. The van der Waals surface area contributed by atoms with Gasteiger partial charge >= 0.3 is 6.09 Å². The topological polar surface area (TPSA) is 118 Å². The van der Waals surface area contributed by atoms with Gasteiger partial charge in [-0.3, -0.25) is 19.3 Å². The Balaban J connectivity index is 1.40. The minimum Gasteiger partial charge on any atom is -0.444 e. The first-order valence-electron chi connectivity index (χ1n) is 17.3. The van der Waals surface area contributed by atoms with Gasteiger partial charge in [0.25, 0.3) is 0 Å². The van der Waals surface area contributed by atoms with Crippen molar-refractivity contribution in [3.8, 4) is 0 Å². The number of nitrogens with zero attached hydrogens (tertiary/aromatic N) is 3. The number of thiazole rings is 1. The van der Waals surface area contributed by atoms with Gasteiger partial charge in [0, 0.05) is 31.0 Å². The third-order valence-electron chi connectivity index (χ3n) is 9.35. The molecule has 0 bridgehead atoms. The van der Waals surface area contributed by atoms with Gasteiger partial charge in [0.2, 0.25) is 17.6 Å². The molecule has 0 unspecified atom stereocenters. The number of likely N-dealkylation sites (tertiary alicyclic amines) is 1. The van der Waals surface area contributed by atoms with Crippen LogP contribution in [0.1, 0.15) is 98.9 Å². The van der Waals surface area contributed by atoms with Crippen LogP contribution in [-0.2, 0) is 25.7 Å². The number of aromatic nitrogens is 1. The molecule has 2 heterocycles. The van der Waals surface area contributed by atoms with E-state index in [0.29, 0.717) is 23.6 Å². The second-order valence-corrected chi connectivity index (χ2v) is 15.1. The number of benzene rings is 2. The van der Waals surface area contributed by atoms with Crippen LogP contribution < -0.4 is 5.32 Å². The van der Waals surface area contributed by atoms with Gasteiger partial charge in [-0.2, -0.15) is 0 Å². The highest BCUT2D eigenvalue weighted by Gasteiger charge is 2.44. The van der Waals surface area contributed by atoms with Crippen LogP contribution in [0.4, 0.5) is 9.18 Å². The Bertz CT molecular complexity index is 1640. The summed E-state index contributed by atoms with van der Waals surface area (Å²) >= 11 is 1.29. The van der Waals surface area contributed by atoms with Gasteiger partial charge in [-0.05, 0) is 76.3 Å². The maximum Gasteiger partial charge on any atom is 0.410 e. The Kier molecular flexibility index (Phi) is 12.1. The number of likely N-dealkylation sites (N-methyl/N-ethyl adjacent to an activating group) is 1. The monoisotopic (exact) mass is 706 g/mol. The second kappa shape index (κ2) is 16.2. The van der Waals surface area contributed by atoms with E-state index in [1.165, 1.54) is 47.5 Å². The predicted octanol–water partition coefficient (Wildman–Crippen LogP) is 6.69. The second-order valence-electron chi connectivity index (χ2n) is 14.2. The van der Waals surface area contributed by atoms with Crippen molar-refractivity contribution in [1.82, 2.24) is 20.1 Å². The van der Waals surface area contributed by atoms with Crippen LogP contribution in [0.25, 0.3) is 0 Å². The van der Waals surface area contributed by atoms with E-state index in [2.05, 4.69) is 10.3 Å². The first-order valence-corrected chi connectivity index (χ1v) is 18.2. The molecule has 2 aliphatic rings. The van der Waals surface area contributed by atoms with Crippen LogP contribution >= 0.6 is 11.3 Å². The fourth-order valence-electron chi connectivity index (χ4n) is 6.45. The van der Waals surface area contributed by atoms with E-state index in [1.807, 2.05) is 30.3 Å². The van der Waals surface area contributed by atoms with Crippen LogP contribution in [-0.4, -0.2) is 75.9 Å². The average Bonchev–Trinajstić information content (AvgIpc) is 3.77. The molecule has 3 amide bonds. The SMILES string of the molecule is C[C@@H](C(=O)N[C@H](C(=O)N1C[C@@H](OCc2ccccc2)C[C@H]1c1nc(C(=O)c2ccc(F)cc2)cs1)C1CCCCC1)N(C)C(=O)OC(C)(C)C. The van der Waals surface area contributed by atoms with Crippen molar-refractivity contribution >= 4 is 35.0 Å². The van der Waals surface area contributed by atoms with Crippen molar-refractivity contribution < 1.29 is 33.0 Å². The molecule has 2 fully saturated rings. The van der Waals surface area contributed by atoms with Gasteiger partial charge in [0.1, 0.15) is 34.2 Å². The van der Waals surface area contributed by atoms with Crippen LogP contribution in [0.2, 0.25) is 0 Å². The summed E-state index contributed by atoms with van der Waals surface area (Å²) in [6.07, 6.45) is 4.04. The number of hydrogen-bond acceptors (Lipinski definition) is 8. The molecule has 50 heavy (non-hydrogen) atoms. The number of halogens is 1. The Morgan fingerprint density at radius 2 is 1.72 bits per heavy atom. The number of hydrogen-bond donors (Lipinski definition) is 1. The molecule has 12 heteroatoms. The fourth-order valence-corrected chi connectivity index (χ4v) is 7.37. The number of ether oxygens (including phenoxy) is 2. The molecule has 1 aliphatic carbocycles. The van der Waals surface area contributed by atoms with E-state index in [9.17, 15) is 23.6 Å². The summed E-state index contributed by atoms with van der Waals surface area (Å²) in [7, 11) is 1.51. The average molecular weight is 707 g/mol. The molecular weight excluding hydrogens is 660 g/mol. The smallest absolute Gasteiger partial charge is 0.410 e. The third kappa shape index (κ3) is 9.33.